The lowest BCUT2D eigenvalue weighted by molar-refractivity contribution is -0.151. The van der Waals surface area contributed by atoms with Gasteiger partial charge in [0.1, 0.15) is 11.9 Å². The molecule has 3 nitrogen and oxygen atoms in total. The third kappa shape index (κ3) is 4.80. The molecular weight excluding hydrogens is 264 g/mol. The van der Waals surface area contributed by atoms with Crippen molar-refractivity contribution >= 4 is 11.4 Å². The van der Waals surface area contributed by atoms with Crippen molar-refractivity contribution < 1.29 is 30.5 Å². The van der Waals surface area contributed by atoms with E-state index in [0.29, 0.717) is 0 Å². The fourth-order valence-electron chi connectivity index (χ4n) is 1.24. The molecule has 17 heavy (non-hydrogen) atoms. The summed E-state index contributed by atoms with van der Waals surface area (Å²) in [7, 11) is 0. The second-order valence-corrected chi connectivity index (χ2v) is 3.73. The van der Waals surface area contributed by atoms with Gasteiger partial charge in [-0.1, -0.05) is 18.2 Å². The van der Waals surface area contributed by atoms with Gasteiger partial charge < -0.3 is 4.55 Å². The summed E-state index contributed by atoms with van der Waals surface area (Å²) >= 11 is -3.16. The molecule has 0 N–H and O–H groups in total. The zero-order valence-corrected chi connectivity index (χ0v) is 9.06. The lowest BCUT2D eigenvalue weighted by Gasteiger charge is -2.20. The quantitative estimate of drug-likeness (QED) is 0.624. The van der Waals surface area contributed by atoms with Gasteiger partial charge in [0.15, 0.2) is 0 Å². The summed E-state index contributed by atoms with van der Waals surface area (Å²) in [6.07, 6.45) is -8.15. The van der Waals surface area contributed by atoms with Crippen LogP contribution >= 0.6 is 0 Å². The van der Waals surface area contributed by atoms with Crippen LogP contribution in [0.5, 0.6) is 0 Å². The van der Waals surface area contributed by atoms with E-state index >= 15 is 0 Å². The monoisotopic (exact) mass is 271 g/mol. The maximum atomic E-state index is 13.2. The Morgan fingerprint density at radius 2 is 1.94 bits per heavy atom. The molecule has 0 aliphatic heterocycles. The molecule has 0 aliphatic carbocycles. The SMILES string of the molecule is O=S([O-])OC(CC(F)(F)F)c1ccccc1F. The van der Waals surface area contributed by atoms with E-state index in [2.05, 4.69) is 4.18 Å². The predicted octanol–water partition coefficient (Wildman–Crippen LogP) is 2.63. The van der Waals surface area contributed by atoms with E-state index in [-0.39, 0.29) is 0 Å². The van der Waals surface area contributed by atoms with Gasteiger partial charge in [-0.05, 0) is 6.07 Å². The molecule has 0 aliphatic rings. The molecule has 0 amide bonds. The lowest BCUT2D eigenvalue weighted by Crippen LogP contribution is -2.18. The van der Waals surface area contributed by atoms with Crippen molar-refractivity contribution in [2.45, 2.75) is 18.7 Å². The Labute approximate surface area is 96.9 Å². The summed E-state index contributed by atoms with van der Waals surface area (Å²) in [5, 5.41) is 0. The highest BCUT2D eigenvalue weighted by molar-refractivity contribution is 7.74. The van der Waals surface area contributed by atoms with E-state index in [1.54, 1.807) is 0 Å². The van der Waals surface area contributed by atoms with Crippen LogP contribution < -0.4 is 0 Å². The molecule has 0 saturated carbocycles. The second kappa shape index (κ2) is 5.56. The third-order valence-electron chi connectivity index (χ3n) is 1.86. The largest absolute Gasteiger partial charge is 0.750 e. The summed E-state index contributed by atoms with van der Waals surface area (Å²) in [5.74, 6) is -0.952. The molecule has 96 valence electrons. The highest BCUT2D eigenvalue weighted by Gasteiger charge is 2.34. The van der Waals surface area contributed by atoms with Crippen molar-refractivity contribution in [2.24, 2.45) is 0 Å². The average Bonchev–Trinajstić information content (AvgIpc) is 2.14. The van der Waals surface area contributed by atoms with Gasteiger partial charge in [-0.25, -0.2) is 8.60 Å². The Morgan fingerprint density at radius 1 is 1.35 bits per heavy atom. The van der Waals surface area contributed by atoms with Crippen molar-refractivity contribution in [3.63, 3.8) is 0 Å². The normalized spacial score (nSPS) is 15.6. The Bertz CT molecular complexity index is 407. The van der Waals surface area contributed by atoms with Crippen LogP contribution in [0.3, 0.4) is 0 Å². The molecule has 1 aromatic rings. The molecule has 2 unspecified atom stereocenters. The number of hydrogen-bond donors (Lipinski definition) is 0. The molecule has 1 rings (SSSR count). The number of halogens is 4. The van der Waals surface area contributed by atoms with Crippen molar-refractivity contribution in [3.8, 4) is 0 Å². The molecule has 0 bridgehead atoms. The molecule has 0 radical (unpaired) electrons. The summed E-state index contributed by atoms with van der Waals surface area (Å²) < 4.78 is 74.3. The summed E-state index contributed by atoms with van der Waals surface area (Å²) in [5.41, 5.74) is -0.450. The number of rotatable bonds is 4. The predicted molar refractivity (Wildman–Crippen MR) is 49.8 cm³/mol. The van der Waals surface area contributed by atoms with Crippen LogP contribution in [-0.4, -0.2) is 14.9 Å². The molecule has 1 aromatic carbocycles. The van der Waals surface area contributed by atoms with E-state index < -0.39 is 41.4 Å². The van der Waals surface area contributed by atoms with Gasteiger partial charge >= 0.3 is 6.18 Å². The topological polar surface area (TPSA) is 49.4 Å². The molecular formula is C9H7F4O3S-. The van der Waals surface area contributed by atoms with Crippen molar-refractivity contribution in [2.75, 3.05) is 0 Å². The van der Waals surface area contributed by atoms with Gasteiger partial charge in [0.05, 0.1) is 17.8 Å². The van der Waals surface area contributed by atoms with Gasteiger partial charge in [-0.2, -0.15) is 13.2 Å². The Morgan fingerprint density at radius 3 is 2.41 bits per heavy atom. The van der Waals surface area contributed by atoms with Crippen LogP contribution in [0.1, 0.15) is 18.1 Å². The molecule has 0 heterocycles. The Balaban J connectivity index is 2.98. The minimum atomic E-state index is -4.66. The Hall–Kier alpha value is -0.990. The highest BCUT2D eigenvalue weighted by atomic mass is 32.2. The van der Waals surface area contributed by atoms with Gasteiger partial charge in [-0.15, -0.1) is 0 Å². The first-order valence-electron chi connectivity index (χ1n) is 4.37. The summed E-state index contributed by atoms with van der Waals surface area (Å²) in [6.45, 7) is 0. The first-order valence-corrected chi connectivity index (χ1v) is 5.37. The zero-order chi connectivity index (χ0) is 13.1. The highest BCUT2D eigenvalue weighted by Crippen LogP contribution is 2.33. The van der Waals surface area contributed by atoms with Gasteiger partial charge in [0, 0.05) is 5.56 Å². The third-order valence-corrected chi connectivity index (χ3v) is 2.25. The van der Waals surface area contributed by atoms with E-state index in [1.807, 2.05) is 0 Å². The smallest absolute Gasteiger partial charge is 0.391 e. The minimum Gasteiger partial charge on any atom is -0.750 e. The summed E-state index contributed by atoms with van der Waals surface area (Å²) in [4.78, 5) is 0. The molecule has 0 spiro atoms. The fourth-order valence-corrected chi connectivity index (χ4v) is 1.60. The molecule has 8 heteroatoms. The zero-order valence-electron chi connectivity index (χ0n) is 8.24. The number of hydrogen-bond acceptors (Lipinski definition) is 3. The first-order chi connectivity index (χ1) is 7.79. The van der Waals surface area contributed by atoms with E-state index in [4.69, 9.17) is 0 Å². The molecule has 0 saturated heterocycles. The van der Waals surface area contributed by atoms with Crippen molar-refractivity contribution in [1.82, 2.24) is 0 Å². The van der Waals surface area contributed by atoms with Crippen LogP contribution in [0.4, 0.5) is 17.6 Å². The number of benzene rings is 1. The average molecular weight is 271 g/mol. The number of alkyl halides is 3. The molecule has 0 aromatic heterocycles. The van der Waals surface area contributed by atoms with E-state index in [0.717, 1.165) is 12.1 Å². The van der Waals surface area contributed by atoms with Gasteiger partial charge in [-0.3, -0.25) is 4.18 Å². The van der Waals surface area contributed by atoms with E-state index in [9.17, 15) is 26.3 Å². The molecule has 2 atom stereocenters. The van der Waals surface area contributed by atoms with Gasteiger partial charge in [0.2, 0.25) is 0 Å². The van der Waals surface area contributed by atoms with Crippen LogP contribution in [0.25, 0.3) is 0 Å². The standard InChI is InChI=1S/C9H8F4O3S/c10-7-4-2-1-3-6(7)8(16-17(14)15)5-9(11,12)13/h1-4,8H,5H2,(H,14,15)/p-1. The lowest BCUT2D eigenvalue weighted by atomic mass is 10.1. The van der Waals surface area contributed by atoms with Crippen LogP contribution in [0, 0.1) is 5.82 Å². The van der Waals surface area contributed by atoms with Crippen LogP contribution in [0.15, 0.2) is 24.3 Å². The minimum absolute atomic E-state index is 0.450. The first kappa shape index (κ1) is 14.1. The second-order valence-electron chi connectivity index (χ2n) is 3.13. The van der Waals surface area contributed by atoms with Crippen LogP contribution in [-0.2, 0) is 15.5 Å². The molecule has 0 fully saturated rings. The van der Waals surface area contributed by atoms with Crippen LogP contribution in [0.2, 0.25) is 0 Å². The fraction of sp³-hybridized carbons (Fsp3) is 0.333. The van der Waals surface area contributed by atoms with E-state index in [1.165, 1.54) is 12.1 Å². The van der Waals surface area contributed by atoms with Crippen molar-refractivity contribution in [1.29, 1.82) is 0 Å². The Kier molecular flexibility index (Phi) is 4.61. The van der Waals surface area contributed by atoms with Gasteiger partial charge in [0.25, 0.3) is 0 Å². The van der Waals surface area contributed by atoms with Crippen molar-refractivity contribution in [3.05, 3.63) is 35.6 Å². The summed E-state index contributed by atoms with van der Waals surface area (Å²) in [6, 6.07) is 4.53. The maximum Gasteiger partial charge on any atom is 0.391 e. The maximum absolute atomic E-state index is 13.2.